The van der Waals surface area contributed by atoms with E-state index in [1.165, 1.54) is 13.2 Å². The average molecular weight is 274 g/mol. The van der Waals surface area contributed by atoms with Crippen LogP contribution in [0.15, 0.2) is 6.07 Å². The van der Waals surface area contributed by atoms with E-state index in [1.807, 2.05) is 4.90 Å². The van der Waals surface area contributed by atoms with E-state index in [-0.39, 0.29) is 16.6 Å². The Morgan fingerprint density at radius 1 is 1.56 bits per heavy atom. The van der Waals surface area contributed by atoms with Crippen LogP contribution in [0, 0.1) is 10.1 Å². The summed E-state index contributed by atoms with van der Waals surface area (Å²) in [6.45, 7) is 2.53. The highest BCUT2D eigenvalue weighted by molar-refractivity contribution is 6.31. The van der Waals surface area contributed by atoms with Crippen molar-refractivity contribution in [3.8, 4) is 5.75 Å². The lowest BCUT2D eigenvalue weighted by molar-refractivity contribution is -0.385. The molecule has 0 unspecified atom stereocenters. The molecule has 0 aliphatic carbocycles. The number of anilines is 1. The minimum Gasteiger partial charge on any atom is -0.490 e. The van der Waals surface area contributed by atoms with Crippen LogP contribution in [0.5, 0.6) is 5.75 Å². The van der Waals surface area contributed by atoms with E-state index in [0.29, 0.717) is 32.1 Å². The molecule has 1 fully saturated rings. The van der Waals surface area contributed by atoms with Gasteiger partial charge in [0.05, 0.1) is 25.2 Å². The van der Waals surface area contributed by atoms with Crippen molar-refractivity contribution in [1.82, 2.24) is 4.98 Å². The number of pyridine rings is 1. The molecule has 0 radical (unpaired) electrons. The number of hydrogen-bond acceptors (Lipinski definition) is 6. The van der Waals surface area contributed by atoms with Gasteiger partial charge in [-0.3, -0.25) is 10.1 Å². The normalized spacial score (nSPS) is 15.6. The topological polar surface area (TPSA) is 77.7 Å². The van der Waals surface area contributed by atoms with Gasteiger partial charge in [-0.05, 0) is 0 Å². The monoisotopic (exact) mass is 273 g/mol. The lowest BCUT2D eigenvalue weighted by Crippen LogP contribution is -2.36. The molecule has 8 heteroatoms. The molecule has 98 valence electrons. The van der Waals surface area contributed by atoms with Gasteiger partial charge in [0.25, 0.3) is 0 Å². The minimum atomic E-state index is -0.600. The second kappa shape index (κ2) is 5.36. The van der Waals surface area contributed by atoms with E-state index < -0.39 is 4.92 Å². The first kappa shape index (κ1) is 12.8. The van der Waals surface area contributed by atoms with Crippen LogP contribution in [0.1, 0.15) is 0 Å². The molecule has 0 amide bonds. The Hall–Kier alpha value is -1.60. The van der Waals surface area contributed by atoms with Gasteiger partial charge in [-0.25, -0.2) is 4.98 Å². The molecule has 1 saturated heterocycles. The summed E-state index contributed by atoms with van der Waals surface area (Å²) in [5.41, 5.74) is -0.309. The van der Waals surface area contributed by atoms with Gasteiger partial charge in [0.15, 0.2) is 0 Å². The fourth-order valence-corrected chi connectivity index (χ4v) is 2.00. The van der Waals surface area contributed by atoms with Crippen molar-refractivity contribution in [3.05, 3.63) is 21.3 Å². The molecule has 18 heavy (non-hydrogen) atoms. The van der Waals surface area contributed by atoms with Crippen molar-refractivity contribution >= 4 is 23.1 Å². The summed E-state index contributed by atoms with van der Waals surface area (Å²) in [5, 5.41) is 10.7. The zero-order valence-electron chi connectivity index (χ0n) is 9.76. The minimum absolute atomic E-state index is 0.112. The molecule has 1 aliphatic heterocycles. The number of morpholine rings is 1. The van der Waals surface area contributed by atoms with Crippen LogP contribution in [0.3, 0.4) is 0 Å². The number of nitro groups is 1. The van der Waals surface area contributed by atoms with Crippen LogP contribution in [0.25, 0.3) is 0 Å². The number of ether oxygens (including phenoxy) is 2. The largest absolute Gasteiger partial charge is 0.490 e. The third-order valence-corrected chi connectivity index (χ3v) is 2.90. The molecule has 0 saturated carbocycles. The Morgan fingerprint density at radius 2 is 2.22 bits per heavy atom. The van der Waals surface area contributed by atoms with Crippen molar-refractivity contribution < 1.29 is 14.4 Å². The number of hydrogen-bond donors (Lipinski definition) is 0. The van der Waals surface area contributed by atoms with Crippen molar-refractivity contribution in [2.24, 2.45) is 0 Å². The predicted octanol–water partition coefficient (Wildman–Crippen LogP) is 1.49. The second-order valence-electron chi connectivity index (χ2n) is 3.68. The molecule has 0 N–H and O–H groups in total. The smallest absolute Gasteiger partial charge is 0.348 e. The molecule has 0 spiro atoms. The first-order chi connectivity index (χ1) is 8.63. The lowest BCUT2D eigenvalue weighted by atomic mass is 10.3. The summed E-state index contributed by atoms with van der Waals surface area (Å²) in [4.78, 5) is 16.2. The SMILES string of the molecule is COc1cc(N2CCOCC2)nc(Cl)c1[N+](=O)[O-]. The molecule has 1 aromatic rings. The highest BCUT2D eigenvalue weighted by Gasteiger charge is 2.25. The summed E-state index contributed by atoms with van der Waals surface area (Å²) >= 11 is 5.84. The van der Waals surface area contributed by atoms with Gasteiger partial charge in [0.2, 0.25) is 10.9 Å². The van der Waals surface area contributed by atoms with E-state index in [1.54, 1.807) is 0 Å². The molecular weight excluding hydrogens is 262 g/mol. The van der Waals surface area contributed by atoms with Gasteiger partial charge >= 0.3 is 5.69 Å². The Morgan fingerprint density at radius 3 is 2.78 bits per heavy atom. The number of halogens is 1. The Labute approximate surface area is 108 Å². The van der Waals surface area contributed by atoms with Crippen LogP contribution in [-0.4, -0.2) is 43.3 Å². The predicted molar refractivity (Wildman–Crippen MR) is 65.5 cm³/mol. The molecule has 0 bridgehead atoms. The Balaban J connectivity index is 2.38. The average Bonchev–Trinajstić information content (AvgIpc) is 2.38. The summed E-state index contributed by atoms with van der Waals surface area (Å²) in [6.07, 6.45) is 0. The molecule has 0 atom stereocenters. The maximum atomic E-state index is 10.9. The first-order valence-electron chi connectivity index (χ1n) is 5.35. The van der Waals surface area contributed by atoms with Gasteiger partial charge < -0.3 is 14.4 Å². The molecular formula is C10H12ClN3O4. The van der Waals surface area contributed by atoms with E-state index >= 15 is 0 Å². The Kier molecular flexibility index (Phi) is 3.83. The highest BCUT2D eigenvalue weighted by Crippen LogP contribution is 2.36. The molecule has 0 aromatic carbocycles. The van der Waals surface area contributed by atoms with E-state index in [4.69, 9.17) is 21.1 Å². The zero-order chi connectivity index (χ0) is 13.1. The number of nitrogens with zero attached hydrogens (tertiary/aromatic N) is 3. The van der Waals surface area contributed by atoms with Crippen molar-refractivity contribution in [2.75, 3.05) is 38.3 Å². The summed E-state index contributed by atoms with van der Waals surface area (Å²) in [6, 6.07) is 1.52. The molecule has 2 heterocycles. The highest BCUT2D eigenvalue weighted by atomic mass is 35.5. The maximum absolute atomic E-state index is 10.9. The number of methoxy groups -OCH3 is 1. The van der Waals surface area contributed by atoms with Crippen LogP contribution in [0.2, 0.25) is 5.15 Å². The number of aromatic nitrogens is 1. The fourth-order valence-electron chi connectivity index (χ4n) is 1.75. The lowest BCUT2D eigenvalue weighted by Gasteiger charge is -2.27. The van der Waals surface area contributed by atoms with Crippen molar-refractivity contribution in [1.29, 1.82) is 0 Å². The van der Waals surface area contributed by atoms with Gasteiger partial charge in [-0.1, -0.05) is 11.6 Å². The Bertz CT molecular complexity index is 463. The van der Waals surface area contributed by atoms with E-state index in [0.717, 1.165) is 0 Å². The van der Waals surface area contributed by atoms with Crippen LogP contribution < -0.4 is 9.64 Å². The second-order valence-corrected chi connectivity index (χ2v) is 4.04. The molecule has 2 rings (SSSR count). The third-order valence-electron chi connectivity index (χ3n) is 2.64. The molecule has 1 aliphatic rings. The van der Waals surface area contributed by atoms with Crippen LogP contribution in [0.4, 0.5) is 11.5 Å². The van der Waals surface area contributed by atoms with Crippen LogP contribution >= 0.6 is 11.6 Å². The summed E-state index contributed by atoms with van der Waals surface area (Å²) in [5.74, 6) is 0.673. The maximum Gasteiger partial charge on any atom is 0.348 e. The van der Waals surface area contributed by atoms with Crippen LogP contribution in [-0.2, 0) is 4.74 Å². The van der Waals surface area contributed by atoms with E-state index in [2.05, 4.69) is 4.98 Å². The standard InChI is InChI=1S/C10H12ClN3O4/c1-17-7-6-8(13-2-4-18-5-3-13)12-10(11)9(7)14(15)16/h6H,2-5H2,1H3. The van der Waals surface area contributed by atoms with Crippen molar-refractivity contribution in [2.45, 2.75) is 0 Å². The van der Waals surface area contributed by atoms with E-state index in [9.17, 15) is 10.1 Å². The fraction of sp³-hybridized carbons (Fsp3) is 0.500. The summed E-state index contributed by atoms with van der Waals surface area (Å²) in [7, 11) is 1.36. The quantitative estimate of drug-likeness (QED) is 0.472. The van der Waals surface area contributed by atoms with Gasteiger partial charge in [-0.15, -0.1) is 0 Å². The number of rotatable bonds is 3. The van der Waals surface area contributed by atoms with Gasteiger partial charge in [0.1, 0.15) is 5.82 Å². The zero-order valence-corrected chi connectivity index (χ0v) is 10.5. The van der Waals surface area contributed by atoms with Gasteiger partial charge in [-0.2, -0.15) is 0 Å². The molecule has 7 nitrogen and oxygen atoms in total. The summed E-state index contributed by atoms with van der Waals surface area (Å²) < 4.78 is 10.2. The third kappa shape index (κ3) is 2.46. The first-order valence-corrected chi connectivity index (χ1v) is 5.73. The van der Waals surface area contributed by atoms with Gasteiger partial charge in [0, 0.05) is 19.2 Å². The van der Waals surface area contributed by atoms with Crippen molar-refractivity contribution in [3.63, 3.8) is 0 Å². The molecule has 1 aromatic heterocycles.